The van der Waals surface area contributed by atoms with Gasteiger partial charge in [0.1, 0.15) is 53.6 Å². The zero-order chi connectivity index (χ0) is 63.7. The van der Waals surface area contributed by atoms with Gasteiger partial charge in [0.05, 0.1) is 17.5 Å². The third kappa shape index (κ3) is 21.8. The van der Waals surface area contributed by atoms with E-state index < -0.39 is 107 Å². The lowest BCUT2D eigenvalue weighted by atomic mass is 10.0. The number of pyridine rings is 2. The van der Waals surface area contributed by atoms with E-state index in [0.717, 1.165) is 44.1 Å². The number of benzene rings is 2. The molecule has 0 saturated carbocycles. The summed E-state index contributed by atoms with van der Waals surface area (Å²) in [5.41, 5.74) is 7.56. The summed E-state index contributed by atoms with van der Waals surface area (Å²) in [4.78, 5) is 108. The molecule has 23 heteroatoms. The van der Waals surface area contributed by atoms with E-state index in [1.165, 1.54) is 16.9 Å². The van der Waals surface area contributed by atoms with Crippen molar-refractivity contribution < 1.29 is 62.8 Å². The number of amides is 6. The van der Waals surface area contributed by atoms with Gasteiger partial charge in [-0.25, -0.2) is 20.4 Å². The number of fused-ring (bicyclic) bond motifs is 2. The number of aliphatic hydroxyl groups is 1. The second-order valence-corrected chi connectivity index (χ2v) is 23.8. The first-order chi connectivity index (χ1) is 39.7. The molecule has 4 aromatic rings. The number of aliphatic hydroxyl groups excluding tert-OH is 1. The van der Waals surface area contributed by atoms with Crippen molar-refractivity contribution in [2.75, 3.05) is 13.1 Å². The standard InChI is InChI=1S/C31H43N5O6.C18H32N4O6.C13H13NO/c1-9-24-16-23-15-21(12-13-22(23)17-32-24)20(5)41-29(39)25-11-10-14-36(35-25)28(38)19(4)33-27(37)26(18(2)3)34-30(40)42-31(6,7)8;1-10(2)13(20-17(27)28-18(4,5)6)14(23)19-11(3)15(24)22-9-7-8-12(21-22)16(25)26;1-3-13-7-12-6-10(9(2)15)4-5-11(12)8-14-13/h9,12-13,15-20,25-26,35H,1,10-11,14H2,2-8H3,(H,33,37)(H,34,40);10-13,21H,7-9H2,1-6H3,(H,19,23)(H,20,27)(H,25,26);3-9,15H,1H2,2H3/t19-,20+,25-,26-;11-,12-,13-;9-/m001/s1. The molecule has 8 atom stereocenters. The molecule has 2 aromatic heterocycles. The number of hydrazine groups is 2. The van der Waals surface area contributed by atoms with Crippen LogP contribution in [0.25, 0.3) is 33.7 Å². The summed E-state index contributed by atoms with van der Waals surface area (Å²) in [5, 5.41) is 35.6. The van der Waals surface area contributed by atoms with Gasteiger partial charge in [0.2, 0.25) is 11.8 Å². The summed E-state index contributed by atoms with van der Waals surface area (Å²) in [7, 11) is 0. The summed E-state index contributed by atoms with van der Waals surface area (Å²) >= 11 is 0. The average Bonchev–Trinajstić information content (AvgIpc) is 3.13. The van der Waals surface area contributed by atoms with Crippen molar-refractivity contribution >= 4 is 81.5 Å². The third-order valence-corrected chi connectivity index (χ3v) is 13.4. The first-order valence-electron chi connectivity index (χ1n) is 28.6. The number of hydrogen-bond acceptors (Lipinski definition) is 16. The highest BCUT2D eigenvalue weighted by Gasteiger charge is 2.36. The van der Waals surface area contributed by atoms with Gasteiger partial charge in [-0.05, 0) is 165 Å². The molecule has 0 spiro atoms. The maximum absolute atomic E-state index is 13.2. The number of nitrogens with one attached hydrogen (secondary N) is 6. The largest absolute Gasteiger partial charge is 0.480 e. The number of carboxylic acids is 1. The monoisotopic (exact) mass is 1180 g/mol. The molecule has 4 heterocycles. The van der Waals surface area contributed by atoms with Crippen molar-refractivity contribution in [3.8, 4) is 0 Å². The van der Waals surface area contributed by atoms with Gasteiger partial charge in [0, 0.05) is 36.3 Å². The average molecular weight is 1180 g/mol. The van der Waals surface area contributed by atoms with Crippen LogP contribution in [-0.2, 0) is 43.0 Å². The van der Waals surface area contributed by atoms with Crippen LogP contribution in [0.15, 0.2) is 74.1 Å². The Hall–Kier alpha value is -8.02. The first-order valence-corrected chi connectivity index (χ1v) is 28.6. The van der Waals surface area contributed by atoms with Crippen LogP contribution in [-0.4, -0.2) is 138 Å². The Morgan fingerprint density at radius 1 is 0.600 bits per heavy atom. The molecule has 2 aliphatic rings. The minimum absolute atomic E-state index is 0.237. The highest BCUT2D eigenvalue weighted by molar-refractivity contribution is 5.93. The molecule has 6 rings (SSSR count). The number of aliphatic carboxylic acids is 1. The number of ether oxygens (including phenoxy) is 3. The normalized spacial score (nSPS) is 17.4. The van der Waals surface area contributed by atoms with Gasteiger partial charge in [-0.1, -0.05) is 65.1 Å². The lowest BCUT2D eigenvalue weighted by molar-refractivity contribution is -0.157. The second kappa shape index (κ2) is 31.2. The summed E-state index contributed by atoms with van der Waals surface area (Å²) in [5.74, 6) is -3.88. The Bertz CT molecular complexity index is 3030. The van der Waals surface area contributed by atoms with Gasteiger partial charge in [-0.3, -0.25) is 48.8 Å². The van der Waals surface area contributed by atoms with Gasteiger partial charge in [0.15, 0.2) is 0 Å². The zero-order valence-corrected chi connectivity index (χ0v) is 51.5. The smallest absolute Gasteiger partial charge is 0.408 e. The van der Waals surface area contributed by atoms with Crippen molar-refractivity contribution in [2.45, 2.75) is 182 Å². The molecule has 2 aromatic carbocycles. The first kappa shape index (κ1) is 69.5. The molecule has 6 amide bonds. The summed E-state index contributed by atoms with van der Waals surface area (Å²) in [6.45, 7) is 32.2. The summed E-state index contributed by atoms with van der Waals surface area (Å²) in [6.07, 6.45) is 6.64. The maximum Gasteiger partial charge on any atom is 0.408 e. The number of aromatic nitrogens is 2. The summed E-state index contributed by atoms with van der Waals surface area (Å²) < 4.78 is 16.2. The molecule has 0 unspecified atom stereocenters. The number of carbonyl (C=O) groups is 8. The molecule has 0 aliphatic carbocycles. The van der Waals surface area contributed by atoms with Gasteiger partial charge in [-0.2, -0.15) is 0 Å². The van der Waals surface area contributed by atoms with Crippen LogP contribution in [0.5, 0.6) is 0 Å². The van der Waals surface area contributed by atoms with Crippen molar-refractivity contribution in [1.29, 1.82) is 0 Å². The van der Waals surface area contributed by atoms with Crippen LogP contribution in [0.4, 0.5) is 9.59 Å². The van der Waals surface area contributed by atoms with Crippen molar-refractivity contribution in [3.63, 3.8) is 0 Å². The number of nitrogens with zero attached hydrogens (tertiary/aromatic N) is 4. The molecule has 0 radical (unpaired) electrons. The summed E-state index contributed by atoms with van der Waals surface area (Å²) in [6, 6.07) is 10.4. The minimum Gasteiger partial charge on any atom is -0.480 e. The molecule has 464 valence electrons. The van der Waals surface area contributed by atoms with Crippen molar-refractivity contribution in [2.24, 2.45) is 11.8 Å². The fourth-order valence-electron chi connectivity index (χ4n) is 8.79. The second-order valence-electron chi connectivity index (χ2n) is 23.8. The van der Waals surface area contributed by atoms with Crippen LogP contribution in [0.3, 0.4) is 0 Å². The number of carbonyl (C=O) groups excluding carboxylic acids is 7. The van der Waals surface area contributed by atoms with E-state index >= 15 is 0 Å². The number of esters is 1. The molecular formula is C62H88N10O13. The van der Waals surface area contributed by atoms with E-state index in [-0.39, 0.29) is 11.8 Å². The number of alkyl carbamates (subject to hydrolysis) is 2. The highest BCUT2D eigenvalue weighted by Crippen LogP contribution is 2.25. The highest BCUT2D eigenvalue weighted by atomic mass is 16.6. The quantitative estimate of drug-likeness (QED) is 0.0373. The Kier molecular flexibility index (Phi) is 25.5. The van der Waals surface area contributed by atoms with E-state index in [4.69, 9.17) is 19.3 Å². The molecule has 2 fully saturated rings. The fraction of sp³-hybridized carbons (Fsp3) is 0.516. The van der Waals surface area contributed by atoms with Crippen LogP contribution >= 0.6 is 0 Å². The number of rotatable bonds is 17. The SMILES string of the molecule is C=Cc1cc2cc([C@@H](C)O)ccc2cn1.C=Cc1cc2cc([C@@H](C)OC(=O)[C@@H]3CCCN(C(=O)[C@H](C)NC(=O)[C@@H](NC(=O)OC(C)(C)C)C(C)C)N3)ccc2cn1.CC(C)[C@H](NC(=O)OC(C)(C)C)C(=O)N[C@@H](C)C(=O)N1CCC[C@@H](C(=O)O)N1. The third-order valence-electron chi connectivity index (χ3n) is 13.4. The van der Waals surface area contributed by atoms with Gasteiger partial charge < -0.3 is 45.7 Å². The number of hydrogen-bond donors (Lipinski definition) is 8. The van der Waals surface area contributed by atoms with Crippen LogP contribution < -0.4 is 32.1 Å². The number of carboxylic acid groups (broad SMARTS) is 1. The van der Waals surface area contributed by atoms with Crippen LogP contribution in [0.1, 0.15) is 157 Å². The van der Waals surface area contributed by atoms with Crippen LogP contribution in [0, 0.1) is 11.8 Å². The van der Waals surface area contributed by atoms with Crippen LogP contribution in [0.2, 0.25) is 0 Å². The maximum atomic E-state index is 13.2. The molecular weight excluding hydrogens is 1090 g/mol. The molecule has 85 heavy (non-hydrogen) atoms. The topological polar surface area (TPSA) is 309 Å². The van der Waals surface area contributed by atoms with Crippen molar-refractivity contribution in [3.05, 3.63) is 96.6 Å². The molecule has 8 N–H and O–H groups in total. The Morgan fingerprint density at radius 2 is 1.00 bits per heavy atom. The predicted octanol–water partition coefficient (Wildman–Crippen LogP) is 7.58. The van der Waals surface area contributed by atoms with E-state index in [9.17, 15) is 43.5 Å². The molecule has 23 nitrogen and oxygen atoms in total. The van der Waals surface area contributed by atoms with Crippen molar-refractivity contribution in [1.82, 2.24) is 52.1 Å². The van der Waals surface area contributed by atoms with Gasteiger partial charge >= 0.3 is 24.1 Å². The Morgan fingerprint density at radius 3 is 1.39 bits per heavy atom. The molecule has 2 aliphatic heterocycles. The predicted molar refractivity (Wildman–Crippen MR) is 323 cm³/mol. The Labute approximate surface area is 498 Å². The Balaban J connectivity index is 0.000000307. The lowest BCUT2D eigenvalue weighted by Crippen LogP contribution is -2.61. The minimum atomic E-state index is -1.03. The van der Waals surface area contributed by atoms with E-state index in [2.05, 4.69) is 55.2 Å². The zero-order valence-electron chi connectivity index (χ0n) is 51.5. The lowest BCUT2D eigenvalue weighted by Gasteiger charge is -2.35. The van der Waals surface area contributed by atoms with E-state index in [1.807, 2.05) is 54.7 Å². The fourth-order valence-corrected chi connectivity index (χ4v) is 8.79. The van der Waals surface area contributed by atoms with Gasteiger partial charge in [-0.15, -0.1) is 0 Å². The van der Waals surface area contributed by atoms with E-state index in [0.29, 0.717) is 38.8 Å². The van der Waals surface area contributed by atoms with Gasteiger partial charge in [0.25, 0.3) is 11.8 Å². The molecule has 0 bridgehead atoms. The molecule has 2 saturated heterocycles. The van der Waals surface area contributed by atoms with E-state index in [1.54, 1.807) is 108 Å².